The van der Waals surface area contributed by atoms with Crippen LogP contribution < -0.4 is 10.6 Å². The third kappa shape index (κ3) is 5.89. The van der Waals surface area contributed by atoms with Gasteiger partial charge in [-0.05, 0) is 48.6 Å². The van der Waals surface area contributed by atoms with Crippen LogP contribution in [0.25, 0.3) is 0 Å². The number of urea groups is 1. The van der Waals surface area contributed by atoms with Crippen molar-refractivity contribution >= 4 is 23.5 Å². The first-order chi connectivity index (χ1) is 10.5. The van der Waals surface area contributed by atoms with Crippen LogP contribution in [-0.2, 0) is 5.75 Å². The molecular formula is C17H26N2O2S. The molecule has 0 unspecified atom stereocenters. The zero-order chi connectivity index (χ0) is 15.9. The van der Waals surface area contributed by atoms with Crippen molar-refractivity contribution in [2.75, 3.05) is 5.32 Å². The molecule has 1 saturated carbocycles. The van der Waals surface area contributed by atoms with E-state index in [0.29, 0.717) is 5.25 Å². The van der Waals surface area contributed by atoms with Gasteiger partial charge in [-0.2, -0.15) is 11.8 Å². The number of hydrogen-bond donors (Lipinski definition) is 3. The van der Waals surface area contributed by atoms with E-state index >= 15 is 0 Å². The van der Waals surface area contributed by atoms with Crippen molar-refractivity contribution in [2.45, 2.75) is 62.7 Å². The van der Waals surface area contributed by atoms with Crippen LogP contribution in [0.1, 0.15) is 45.1 Å². The maximum Gasteiger partial charge on any atom is 0.319 e. The van der Waals surface area contributed by atoms with E-state index in [1.54, 1.807) is 0 Å². The topological polar surface area (TPSA) is 61.4 Å². The molecule has 1 aromatic carbocycles. The van der Waals surface area contributed by atoms with E-state index < -0.39 is 0 Å². The average molecular weight is 322 g/mol. The number of carbonyl (C=O) groups excluding carboxylic acids is 1. The molecule has 5 heteroatoms. The first-order valence-electron chi connectivity index (χ1n) is 7.99. The van der Waals surface area contributed by atoms with Crippen LogP contribution in [0, 0.1) is 0 Å². The highest BCUT2D eigenvalue weighted by Crippen LogP contribution is 2.20. The molecular weight excluding hydrogens is 296 g/mol. The largest absolute Gasteiger partial charge is 0.393 e. The van der Waals surface area contributed by atoms with E-state index in [1.165, 1.54) is 5.56 Å². The van der Waals surface area contributed by atoms with Gasteiger partial charge in [-0.3, -0.25) is 0 Å². The summed E-state index contributed by atoms with van der Waals surface area (Å²) < 4.78 is 0. The first-order valence-corrected chi connectivity index (χ1v) is 9.04. The summed E-state index contributed by atoms with van der Waals surface area (Å²) in [5.74, 6) is 0.954. The summed E-state index contributed by atoms with van der Waals surface area (Å²) >= 11 is 1.89. The number of rotatable bonds is 5. The lowest BCUT2D eigenvalue weighted by Crippen LogP contribution is -2.40. The lowest BCUT2D eigenvalue weighted by Gasteiger charge is -2.26. The molecule has 2 amide bonds. The van der Waals surface area contributed by atoms with Crippen LogP contribution in [-0.4, -0.2) is 28.5 Å². The van der Waals surface area contributed by atoms with Crippen molar-refractivity contribution in [3.05, 3.63) is 29.8 Å². The van der Waals surface area contributed by atoms with E-state index in [9.17, 15) is 9.90 Å². The minimum atomic E-state index is -0.198. The number of aliphatic hydroxyl groups excluding tert-OH is 1. The van der Waals surface area contributed by atoms with Crippen molar-refractivity contribution in [1.82, 2.24) is 5.32 Å². The Hall–Kier alpha value is -1.20. The molecule has 1 aliphatic carbocycles. The predicted octanol–water partition coefficient (Wildman–Crippen LogP) is 3.75. The van der Waals surface area contributed by atoms with Gasteiger partial charge in [0.2, 0.25) is 0 Å². The lowest BCUT2D eigenvalue weighted by molar-refractivity contribution is 0.118. The van der Waals surface area contributed by atoms with Crippen molar-refractivity contribution in [3.63, 3.8) is 0 Å². The molecule has 0 aromatic heterocycles. The van der Waals surface area contributed by atoms with Crippen molar-refractivity contribution in [1.29, 1.82) is 0 Å². The Morgan fingerprint density at radius 3 is 2.73 bits per heavy atom. The molecule has 4 nitrogen and oxygen atoms in total. The fourth-order valence-corrected chi connectivity index (χ4v) is 3.28. The highest BCUT2D eigenvalue weighted by molar-refractivity contribution is 7.99. The van der Waals surface area contributed by atoms with E-state index in [1.807, 2.05) is 30.0 Å². The molecule has 0 atom stereocenters. The molecule has 2 rings (SSSR count). The Morgan fingerprint density at radius 1 is 1.32 bits per heavy atom. The van der Waals surface area contributed by atoms with Gasteiger partial charge in [0.25, 0.3) is 0 Å². The standard InChI is InChI=1S/C17H26N2O2S/c1-12(2)22-11-13-4-3-5-15(10-13)19-17(21)18-14-6-8-16(20)9-7-14/h3-5,10,12,14,16,20H,6-9,11H2,1-2H3,(H2,18,19,21). The Morgan fingerprint density at radius 2 is 2.05 bits per heavy atom. The maximum atomic E-state index is 12.0. The Balaban J connectivity index is 1.82. The number of amides is 2. The van der Waals surface area contributed by atoms with E-state index in [-0.39, 0.29) is 18.2 Å². The Labute approximate surface area is 137 Å². The SMILES string of the molecule is CC(C)SCc1cccc(NC(=O)NC2CCC(O)CC2)c1. The summed E-state index contributed by atoms with van der Waals surface area (Å²) in [5, 5.41) is 16.0. The normalized spacial score (nSPS) is 21.6. The fraction of sp³-hybridized carbons (Fsp3) is 0.588. The minimum absolute atomic E-state index is 0.157. The summed E-state index contributed by atoms with van der Waals surface area (Å²) in [4.78, 5) is 12.0. The third-order valence-corrected chi connectivity index (χ3v) is 4.97. The molecule has 0 saturated heterocycles. The van der Waals surface area contributed by atoms with Gasteiger partial charge in [0, 0.05) is 17.5 Å². The second-order valence-corrected chi connectivity index (χ2v) is 7.73. The molecule has 3 N–H and O–H groups in total. The van der Waals surface area contributed by atoms with Crippen LogP contribution in [0.2, 0.25) is 0 Å². The van der Waals surface area contributed by atoms with Crippen LogP contribution in [0.4, 0.5) is 10.5 Å². The zero-order valence-corrected chi connectivity index (χ0v) is 14.2. The predicted molar refractivity (Wildman–Crippen MR) is 93.3 cm³/mol. The third-order valence-electron chi connectivity index (χ3n) is 3.80. The summed E-state index contributed by atoms with van der Waals surface area (Å²) in [6, 6.07) is 8.01. The molecule has 122 valence electrons. The monoisotopic (exact) mass is 322 g/mol. The number of thioether (sulfide) groups is 1. The van der Waals surface area contributed by atoms with Crippen molar-refractivity contribution in [3.8, 4) is 0 Å². The van der Waals surface area contributed by atoms with Gasteiger partial charge in [-0.25, -0.2) is 4.79 Å². The number of hydrogen-bond acceptors (Lipinski definition) is 3. The second kappa shape index (κ2) is 8.44. The highest BCUT2D eigenvalue weighted by atomic mass is 32.2. The van der Waals surface area contributed by atoms with Gasteiger partial charge in [0.05, 0.1) is 6.10 Å². The molecule has 22 heavy (non-hydrogen) atoms. The highest BCUT2D eigenvalue weighted by Gasteiger charge is 2.20. The molecule has 0 bridgehead atoms. The molecule has 0 aliphatic heterocycles. The van der Waals surface area contributed by atoms with E-state index in [0.717, 1.165) is 37.1 Å². The second-order valence-electron chi connectivity index (χ2n) is 6.16. The van der Waals surface area contributed by atoms with Gasteiger partial charge in [0.15, 0.2) is 0 Å². The number of carbonyl (C=O) groups is 1. The summed E-state index contributed by atoms with van der Waals surface area (Å²) in [6.07, 6.45) is 3.04. The minimum Gasteiger partial charge on any atom is -0.393 e. The number of anilines is 1. The summed E-state index contributed by atoms with van der Waals surface area (Å²) in [7, 11) is 0. The first kappa shape index (κ1) is 17.2. The van der Waals surface area contributed by atoms with Gasteiger partial charge in [-0.15, -0.1) is 0 Å². The lowest BCUT2D eigenvalue weighted by atomic mass is 9.93. The molecule has 0 radical (unpaired) electrons. The molecule has 1 fully saturated rings. The fourth-order valence-electron chi connectivity index (χ4n) is 2.57. The Kier molecular flexibility index (Phi) is 6.58. The van der Waals surface area contributed by atoms with Gasteiger partial charge >= 0.3 is 6.03 Å². The summed E-state index contributed by atoms with van der Waals surface area (Å²) in [6.45, 7) is 4.36. The van der Waals surface area contributed by atoms with E-state index in [2.05, 4.69) is 30.5 Å². The van der Waals surface area contributed by atoms with E-state index in [4.69, 9.17) is 0 Å². The quantitative estimate of drug-likeness (QED) is 0.773. The number of aliphatic hydroxyl groups is 1. The zero-order valence-electron chi connectivity index (χ0n) is 13.3. The average Bonchev–Trinajstić information content (AvgIpc) is 2.48. The van der Waals surface area contributed by atoms with Gasteiger partial charge in [0.1, 0.15) is 0 Å². The summed E-state index contributed by atoms with van der Waals surface area (Å²) in [5.41, 5.74) is 2.05. The van der Waals surface area contributed by atoms with Gasteiger partial charge < -0.3 is 15.7 Å². The van der Waals surface area contributed by atoms with Gasteiger partial charge in [-0.1, -0.05) is 26.0 Å². The molecule has 0 spiro atoms. The molecule has 0 heterocycles. The van der Waals surface area contributed by atoms with Crippen LogP contribution >= 0.6 is 11.8 Å². The number of benzene rings is 1. The molecule has 1 aliphatic rings. The molecule has 1 aromatic rings. The smallest absolute Gasteiger partial charge is 0.319 e. The van der Waals surface area contributed by atoms with Crippen molar-refractivity contribution in [2.24, 2.45) is 0 Å². The van der Waals surface area contributed by atoms with Crippen molar-refractivity contribution < 1.29 is 9.90 Å². The maximum absolute atomic E-state index is 12.0. The van der Waals surface area contributed by atoms with Crippen LogP contribution in [0.3, 0.4) is 0 Å². The Bertz CT molecular complexity index is 485. The number of nitrogens with one attached hydrogen (secondary N) is 2. The van der Waals surface area contributed by atoms with Crippen LogP contribution in [0.15, 0.2) is 24.3 Å². The van der Waals surface area contributed by atoms with Crippen LogP contribution in [0.5, 0.6) is 0 Å².